The third kappa shape index (κ3) is 3.53. The van der Waals surface area contributed by atoms with Gasteiger partial charge >= 0.3 is 0 Å². The van der Waals surface area contributed by atoms with Crippen LogP contribution >= 0.6 is 27.5 Å². The van der Waals surface area contributed by atoms with Crippen molar-refractivity contribution in [3.8, 4) is 0 Å². The Bertz CT molecular complexity index is 702. The van der Waals surface area contributed by atoms with Crippen molar-refractivity contribution in [1.82, 2.24) is 14.9 Å². The molecule has 6 nitrogen and oxygen atoms in total. The molecule has 0 amide bonds. The molecule has 0 aliphatic heterocycles. The second kappa shape index (κ2) is 5.58. The summed E-state index contributed by atoms with van der Waals surface area (Å²) in [5.74, 6) is 0.650. The van der Waals surface area contributed by atoms with Gasteiger partial charge in [-0.3, -0.25) is 0 Å². The van der Waals surface area contributed by atoms with Crippen molar-refractivity contribution in [2.75, 3.05) is 0 Å². The first kappa shape index (κ1) is 14.4. The fourth-order valence-corrected chi connectivity index (χ4v) is 2.94. The first-order chi connectivity index (χ1) is 8.88. The highest BCUT2D eigenvalue weighted by Gasteiger charge is 2.16. The van der Waals surface area contributed by atoms with Crippen molar-refractivity contribution in [1.29, 1.82) is 0 Å². The number of nitrogens with one attached hydrogen (secondary N) is 1. The fraction of sp³-hybridized carbons (Fsp3) is 0.200. The van der Waals surface area contributed by atoms with Gasteiger partial charge in [0.15, 0.2) is 5.82 Å². The topological polar surface area (TPSA) is 85.1 Å². The van der Waals surface area contributed by atoms with Crippen molar-refractivity contribution in [2.24, 2.45) is 0 Å². The van der Waals surface area contributed by atoms with Crippen LogP contribution in [0.5, 0.6) is 0 Å². The van der Waals surface area contributed by atoms with E-state index in [1.165, 1.54) is 18.2 Å². The molecule has 102 valence electrons. The second-order valence-electron chi connectivity index (χ2n) is 3.64. The van der Waals surface area contributed by atoms with Crippen LogP contribution in [0.2, 0.25) is 5.02 Å². The molecule has 1 aromatic heterocycles. The minimum atomic E-state index is -3.65. The highest BCUT2D eigenvalue weighted by Crippen LogP contribution is 2.25. The van der Waals surface area contributed by atoms with E-state index in [1.54, 1.807) is 6.92 Å². The summed E-state index contributed by atoms with van der Waals surface area (Å²) in [7, 11) is -3.65. The van der Waals surface area contributed by atoms with E-state index in [2.05, 4.69) is 30.8 Å². The average Bonchev–Trinajstić information content (AvgIpc) is 2.76. The molecule has 0 saturated carbocycles. The predicted octanol–water partition coefficient (Wildman–Crippen LogP) is 2.27. The summed E-state index contributed by atoms with van der Waals surface area (Å²) in [5.41, 5.74) is 0. The Morgan fingerprint density at radius 2 is 2.21 bits per heavy atom. The second-order valence-corrected chi connectivity index (χ2v) is 6.66. The predicted molar refractivity (Wildman–Crippen MR) is 72.2 cm³/mol. The third-order valence-corrected chi connectivity index (χ3v) is 4.80. The van der Waals surface area contributed by atoms with E-state index >= 15 is 0 Å². The lowest BCUT2D eigenvalue weighted by molar-refractivity contribution is 0.372. The monoisotopic (exact) mass is 365 g/mol. The summed E-state index contributed by atoms with van der Waals surface area (Å²) in [6.07, 6.45) is 0. The molecule has 1 heterocycles. The molecule has 0 aliphatic carbocycles. The molecule has 1 N–H and O–H groups in total. The first-order valence-corrected chi connectivity index (χ1v) is 7.78. The Kier molecular flexibility index (Phi) is 4.24. The molecule has 0 aliphatic rings. The van der Waals surface area contributed by atoms with Crippen LogP contribution in [0.25, 0.3) is 0 Å². The summed E-state index contributed by atoms with van der Waals surface area (Å²) >= 11 is 8.98. The van der Waals surface area contributed by atoms with Crippen LogP contribution in [0, 0.1) is 6.92 Å². The number of nitrogens with zero attached hydrogens (tertiary/aromatic N) is 2. The molecule has 0 spiro atoms. The van der Waals surface area contributed by atoms with Crippen molar-refractivity contribution >= 4 is 37.6 Å². The molecule has 0 fully saturated rings. The number of aromatic nitrogens is 2. The highest BCUT2D eigenvalue weighted by molar-refractivity contribution is 9.10. The minimum absolute atomic E-state index is 0.0661. The maximum Gasteiger partial charge on any atom is 0.241 e. The summed E-state index contributed by atoms with van der Waals surface area (Å²) < 4.78 is 31.7. The van der Waals surface area contributed by atoms with E-state index in [0.717, 1.165) is 0 Å². The number of hydrogen-bond acceptors (Lipinski definition) is 5. The Labute approximate surface area is 123 Å². The van der Waals surface area contributed by atoms with Gasteiger partial charge in [-0.2, -0.15) is 4.98 Å². The summed E-state index contributed by atoms with van der Waals surface area (Å²) in [6.45, 7) is 1.58. The lowest BCUT2D eigenvalue weighted by Crippen LogP contribution is -2.23. The van der Waals surface area contributed by atoms with Gasteiger partial charge in [0.2, 0.25) is 15.9 Å². The molecule has 9 heteroatoms. The zero-order chi connectivity index (χ0) is 14.0. The van der Waals surface area contributed by atoms with Gasteiger partial charge in [-0.1, -0.05) is 16.8 Å². The van der Waals surface area contributed by atoms with Crippen LogP contribution in [-0.4, -0.2) is 18.6 Å². The largest absolute Gasteiger partial charge is 0.338 e. The molecule has 2 rings (SSSR count). The number of halogens is 2. The molecule has 0 atom stereocenters. The average molecular weight is 367 g/mol. The van der Waals surface area contributed by atoms with E-state index in [-0.39, 0.29) is 17.3 Å². The Morgan fingerprint density at radius 1 is 1.47 bits per heavy atom. The van der Waals surface area contributed by atoms with E-state index in [9.17, 15) is 8.42 Å². The Morgan fingerprint density at radius 3 is 2.79 bits per heavy atom. The van der Waals surface area contributed by atoms with E-state index in [4.69, 9.17) is 16.1 Å². The molecule has 0 radical (unpaired) electrons. The molecule has 1 aromatic carbocycles. The standard InChI is InChI=1S/C10H9BrClN3O3S/c1-6-14-10(18-15-6)5-13-19(16,17)7-2-3-9(12)8(11)4-7/h2-4,13H,5H2,1H3. The SMILES string of the molecule is Cc1noc(CNS(=O)(=O)c2ccc(Cl)c(Br)c2)n1. The van der Waals surface area contributed by atoms with Crippen LogP contribution in [-0.2, 0) is 16.6 Å². The molecule has 0 unspecified atom stereocenters. The van der Waals surface area contributed by atoms with E-state index in [0.29, 0.717) is 15.3 Å². The van der Waals surface area contributed by atoms with E-state index < -0.39 is 10.0 Å². The number of hydrogen-bond donors (Lipinski definition) is 1. The normalized spacial score (nSPS) is 11.7. The van der Waals surface area contributed by atoms with E-state index in [1.807, 2.05) is 0 Å². The van der Waals surface area contributed by atoms with Crippen LogP contribution < -0.4 is 4.72 Å². The maximum absolute atomic E-state index is 12.0. The van der Waals surface area contributed by atoms with Crippen LogP contribution in [0.3, 0.4) is 0 Å². The van der Waals surface area contributed by atoms with Gasteiger partial charge < -0.3 is 4.52 Å². The smallest absolute Gasteiger partial charge is 0.241 e. The fourth-order valence-electron chi connectivity index (χ4n) is 1.30. The Balaban J connectivity index is 2.16. The number of sulfonamides is 1. The molecule has 19 heavy (non-hydrogen) atoms. The lowest BCUT2D eigenvalue weighted by Gasteiger charge is -2.05. The maximum atomic E-state index is 12.0. The van der Waals surface area contributed by atoms with Gasteiger partial charge in [-0.15, -0.1) is 0 Å². The molecular formula is C10H9BrClN3O3S. The molecule has 0 bridgehead atoms. The molecular weight excluding hydrogens is 358 g/mol. The minimum Gasteiger partial charge on any atom is -0.338 e. The highest BCUT2D eigenvalue weighted by atomic mass is 79.9. The van der Waals surface area contributed by atoms with Crippen LogP contribution in [0.15, 0.2) is 32.1 Å². The zero-order valence-corrected chi connectivity index (χ0v) is 12.9. The molecule has 2 aromatic rings. The Hall–Kier alpha value is -0.960. The third-order valence-electron chi connectivity index (χ3n) is 2.18. The summed E-state index contributed by atoms with van der Waals surface area (Å²) in [4.78, 5) is 4.00. The van der Waals surface area contributed by atoms with Gasteiger partial charge in [-0.25, -0.2) is 13.1 Å². The number of rotatable bonds is 4. The summed E-state index contributed by atoms with van der Waals surface area (Å²) in [6, 6.07) is 4.33. The van der Waals surface area contributed by atoms with Gasteiger partial charge in [0.1, 0.15) is 0 Å². The number of benzene rings is 1. The van der Waals surface area contributed by atoms with Gasteiger partial charge in [0.05, 0.1) is 16.5 Å². The molecule has 0 saturated heterocycles. The number of aryl methyl sites for hydroxylation is 1. The van der Waals surface area contributed by atoms with Gasteiger partial charge in [-0.05, 0) is 41.1 Å². The lowest BCUT2D eigenvalue weighted by atomic mass is 10.4. The zero-order valence-electron chi connectivity index (χ0n) is 9.72. The van der Waals surface area contributed by atoms with Crippen molar-refractivity contribution in [2.45, 2.75) is 18.4 Å². The van der Waals surface area contributed by atoms with Crippen LogP contribution in [0.4, 0.5) is 0 Å². The van der Waals surface area contributed by atoms with Gasteiger partial charge in [0, 0.05) is 4.47 Å². The first-order valence-electron chi connectivity index (χ1n) is 5.12. The quantitative estimate of drug-likeness (QED) is 0.897. The van der Waals surface area contributed by atoms with Crippen molar-refractivity contribution in [3.05, 3.63) is 39.4 Å². The van der Waals surface area contributed by atoms with Gasteiger partial charge in [0.25, 0.3) is 0 Å². The summed E-state index contributed by atoms with van der Waals surface area (Å²) in [5, 5.41) is 4.01. The van der Waals surface area contributed by atoms with Crippen molar-refractivity contribution < 1.29 is 12.9 Å². The van der Waals surface area contributed by atoms with Crippen LogP contribution in [0.1, 0.15) is 11.7 Å². The van der Waals surface area contributed by atoms with Crippen molar-refractivity contribution in [3.63, 3.8) is 0 Å².